The predicted molar refractivity (Wildman–Crippen MR) is 84.7 cm³/mol. The Hall–Kier alpha value is -2.51. The summed E-state index contributed by atoms with van der Waals surface area (Å²) in [4.78, 5) is 26.7. The minimum atomic E-state index is -0.473. The number of carbonyl (C=O) groups excluding carboxylic acids is 1. The van der Waals surface area contributed by atoms with Gasteiger partial charge in [0.1, 0.15) is 0 Å². The number of hydrogen-bond donors (Lipinski definition) is 1. The monoisotopic (exact) mass is 330 g/mol. The lowest BCUT2D eigenvalue weighted by Crippen LogP contribution is -2.33. The van der Waals surface area contributed by atoms with Crippen LogP contribution in [0.3, 0.4) is 0 Å². The summed E-state index contributed by atoms with van der Waals surface area (Å²) in [5.74, 6) is 0.361. The standard InChI is InChI=1S/C16H19FN6O/c1-22-7-13(20-9-22)12-6-23(15(24)10-2-3-10)8-14(12)21-16-18-4-11(17)5-19-16/h4-5,7,9-10,12,14H,2-3,6,8H2,1H3,(H,18,19,21)/t12-,14+/m0/s1. The SMILES string of the molecule is Cn1cnc([C@@H]2CN(C(=O)C3CC3)C[C@H]2Nc2ncc(F)cn2)c1. The van der Waals surface area contributed by atoms with Crippen LogP contribution >= 0.6 is 0 Å². The molecule has 2 aromatic rings. The molecule has 1 aliphatic heterocycles. The van der Waals surface area contributed by atoms with Gasteiger partial charge in [-0.1, -0.05) is 0 Å². The fourth-order valence-electron chi connectivity index (χ4n) is 3.20. The summed E-state index contributed by atoms with van der Waals surface area (Å²) in [6, 6.07) is -0.0481. The molecule has 2 fully saturated rings. The fraction of sp³-hybridized carbons (Fsp3) is 0.500. The van der Waals surface area contributed by atoms with Crippen LogP contribution in [0.15, 0.2) is 24.9 Å². The van der Waals surface area contributed by atoms with Crippen LogP contribution in [0, 0.1) is 11.7 Å². The van der Waals surface area contributed by atoms with Gasteiger partial charge in [-0.05, 0) is 12.8 Å². The Balaban J connectivity index is 1.55. The molecule has 24 heavy (non-hydrogen) atoms. The summed E-state index contributed by atoms with van der Waals surface area (Å²) in [6.07, 6.45) is 7.97. The van der Waals surface area contributed by atoms with Crippen molar-refractivity contribution >= 4 is 11.9 Å². The highest BCUT2D eigenvalue weighted by Gasteiger charge is 2.42. The summed E-state index contributed by atoms with van der Waals surface area (Å²) in [6.45, 7) is 1.21. The van der Waals surface area contributed by atoms with Crippen LogP contribution in [0.4, 0.5) is 10.3 Å². The Bertz CT molecular complexity index is 741. The molecule has 1 amide bonds. The number of amides is 1. The number of likely N-dealkylation sites (tertiary alicyclic amines) is 1. The van der Waals surface area contributed by atoms with Gasteiger partial charge in [-0.3, -0.25) is 4.79 Å². The van der Waals surface area contributed by atoms with E-state index in [4.69, 9.17) is 0 Å². The highest BCUT2D eigenvalue weighted by atomic mass is 19.1. The van der Waals surface area contributed by atoms with E-state index in [1.54, 1.807) is 6.33 Å². The molecule has 2 atom stereocenters. The summed E-state index contributed by atoms with van der Waals surface area (Å²) in [7, 11) is 1.92. The van der Waals surface area contributed by atoms with Crippen molar-refractivity contribution < 1.29 is 9.18 Å². The van der Waals surface area contributed by atoms with E-state index >= 15 is 0 Å². The van der Waals surface area contributed by atoms with E-state index in [1.165, 1.54) is 0 Å². The van der Waals surface area contributed by atoms with Gasteiger partial charge in [-0.2, -0.15) is 0 Å². The largest absolute Gasteiger partial charge is 0.349 e. The number of aromatic nitrogens is 4. The van der Waals surface area contributed by atoms with Crippen LogP contribution in [0.2, 0.25) is 0 Å². The first kappa shape index (κ1) is 15.0. The molecule has 2 aromatic heterocycles. The van der Waals surface area contributed by atoms with Crippen molar-refractivity contribution in [1.29, 1.82) is 0 Å². The van der Waals surface area contributed by atoms with Crippen LogP contribution in [0.5, 0.6) is 0 Å². The van der Waals surface area contributed by atoms with Gasteiger partial charge >= 0.3 is 0 Å². The van der Waals surface area contributed by atoms with Crippen molar-refractivity contribution in [2.24, 2.45) is 13.0 Å². The Morgan fingerprint density at radius 2 is 2.00 bits per heavy atom. The third-order valence-corrected chi connectivity index (χ3v) is 4.60. The molecular formula is C16H19FN6O. The highest BCUT2D eigenvalue weighted by molar-refractivity contribution is 5.81. The number of nitrogens with one attached hydrogen (secondary N) is 1. The molecule has 4 rings (SSSR count). The Kier molecular flexibility index (Phi) is 3.66. The zero-order valence-electron chi connectivity index (χ0n) is 13.4. The van der Waals surface area contributed by atoms with Crippen molar-refractivity contribution in [3.05, 3.63) is 36.4 Å². The average molecular weight is 330 g/mol. The fourth-order valence-corrected chi connectivity index (χ4v) is 3.20. The van der Waals surface area contributed by atoms with Crippen LogP contribution < -0.4 is 5.32 Å². The molecule has 1 N–H and O–H groups in total. The lowest BCUT2D eigenvalue weighted by atomic mass is 10.0. The quantitative estimate of drug-likeness (QED) is 0.911. The molecule has 126 valence electrons. The number of nitrogens with zero attached hydrogens (tertiary/aromatic N) is 5. The van der Waals surface area contributed by atoms with Gasteiger partial charge in [0.05, 0.1) is 30.5 Å². The van der Waals surface area contributed by atoms with E-state index in [1.807, 2.05) is 22.7 Å². The van der Waals surface area contributed by atoms with Gasteiger partial charge in [-0.25, -0.2) is 19.3 Å². The van der Waals surface area contributed by atoms with Crippen LogP contribution in [-0.4, -0.2) is 49.5 Å². The number of halogens is 1. The van der Waals surface area contributed by atoms with Crippen LogP contribution in [0.25, 0.3) is 0 Å². The molecule has 0 radical (unpaired) electrons. The van der Waals surface area contributed by atoms with E-state index in [0.29, 0.717) is 19.0 Å². The van der Waals surface area contributed by atoms with E-state index in [9.17, 15) is 9.18 Å². The molecule has 1 saturated heterocycles. The number of imidazole rings is 1. The molecule has 0 spiro atoms. The Morgan fingerprint density at radius 3 is 2.62 bits per heavy atom. The second-order valence-corrected chi connectivity index (χ2v) is 6.56. The molecule has 1 saturated carbocycles. The van der Waals surface area contributed by atoms with E-state index in [-0.39, 0.29) is 23.8 Å². The first-order valence-electron chi connectivity index (χ1n) is 8.11. The molecule has 3 heterocycles. The number of rotatable bonds is 4. The normalized spacial score (nSPS) is 23.5. The molecule has 0 unspecified atom stereocenters. The summed E-state index contributed by atoms with van der Waals surface area (Å²) in [5.41, 5.74) is 0.934. The van der Waals surface area contributed by atoms with Crippen molar-refractivity contribution in [2.75, 3.05) is 18.4 Å². The second-order valence-electron chi connectivity index (χ2n) is 6.56. The number of hydrogen-bond acceptors (Lipinski definition) is 5. The van der Waals surface area contributed by atoms with E-state index in [2.05, 4.69) is 20.3 Å². The summed E-state index contributed by atoms with van der Waals surface area (Å²) >= 11 is 0. The first-order valence-corrected chi connectivity index (χ1v) is 8.11. The molecule has 0 aromatic carbocycles. The van der Waals surface area contributed by atoms with Gasteiger partial charge < -0.3 is 14.8 Å². The Labute approximate surface area is 138 Å². The van der Waals surface area contributed by atoms with Crippen molar-refractivity contribution in [1.82, 2.24) is 24.4 Å². The highest BCUT2D eigenvalue weighted by Crippen LogP contribution is 2.35. The zero-order valence-corrected chi connectivity index (χ0v) is 13.4. The van der Waals surface area contributed by atoms with Crippen LogP contribution in [0.1, 0.15) is 24.5 Å². The minimum absolute atomic E-state index is 0.0481. The lowest BCUT2D eigenvalue weighted by molar-refractivity contribution is -0.131. The van der Waals surface area contributed by atoms with Crippen molar-refractivity contribution in [3.63, 3.8) is 0 Å². The maximum Gasteiger partial charge on any atom is 0.225 e. The molecule has 2 aliphatic rings. The Morgan fingerprint density at radius 1 is 1.25 bits per heavy atom. The van der Waals surface area contributed by atoms with Gasteiger partial charge in [0.25, 0.3) is 0 Å². The third kappa shape index (κ3) is 2.95. The first-order chi connectivity index (χ1) is 11.6. The molecular weight excluding hydrogens is 311 g/mol. The van der Waals surface area contributed by atoms with Gasteiger partial charge in [0, 0.05) is 38.2 Å². The maximum absolute atomic E-state index is 13.0. The van der Waals surface area contributed by atoms with Crippen molar-refractivity contribution in [3.8, 4) is 0 Å². The molecule has 8 heteroatoms. The van der Waals surface area contributed by atoms with E-state index < -0.39 is 5.82 Å². The summed E-state index contributed by atoms with van der Waals surface area (Å²) < 4.78 is 14.9. The minimum Gasteiger partial charge on any atom is -0.349 e. The number of carbonyl (C=O) groups is 1. The maximum atomic E-state index is 13.0. The lowest BCUT2D eigenvalue weighted by Gasteiger charge is -2.18. The second kappa shape index (κ2) is 5.85. The number of anilines is 1. The molecule has 7 nitrogen and oxygen atoms in total. The van der Waals surface area contributed by atoms with Gasteiger partial charge in [0.15, 0.2) is 5.82 Å². The topological polar surface area (TPSA) is 75.9 Å². The smallest absolute Gasteiger partial charge is 0.225 e. The zero-order chi connectivity index (χ0) is 16.7. The van der Waals surface area contributed by atoms with Crippen molar-refractivity contribution in [2.45, 2.75) is 24.8 Å². The number of aryl methyl sites for hydroxylation is 1. The average Bonchev–Trinajstić information content (AvgIpc) is 3.21. The summed E-state index contributed by atoms with van der Waals surface area (Å²) in [5, 5.41) is 3.24. The van der Waals surface area contributed by atoms with E-state index in [0.717, 1.165) is 30.9 Å². The molecule has 0 bridgehead atoms. The van der Waals surface area contributed by atoms with Gasteiger partial charge in [0.2, 0.25) is 11.9 Å². The predicted octanol–water partition coefficient (Wildman–Crippen LogP) is 1.17. The third-order valence-electron chi connectivity index (χ3n) is 4.60. The van der Waals surface area contributed by atoms with Crippen LogP contribution in [-0.2, 0) is 11.8 Å². The van der Waals surface area contributed by atoms with Gasteiger partial charge in [-0.15, -0.1) is 0 Å². The molecule has 1 aliphatic carbocycles.